The van der Waals surface area contributed by atoms with Crippen LogP contribution in [0.25, 0.3) is 0 Å². The molecule has 96 valence electrons. The molecule has 2 N–H and O–H groups in total. The van der Waals surface area contributed by atoms with E-state index in [1.54, 1.807) is 7.11 Å². The van der Waals surface area contributed by atoms with Crippen LogP contribution in [0.5, 0.6) is 0 Å². The summed E-state index contributed by atoms with van der Waals surface area (Å²) < 4.78 is 10.3. The molecule has 1 unspecified atom stereocenters. The third-order valence-electron chi connectivity index (χ3n) is 2.68. The summed E-state index contributed by atoms with van der Waals surface area (Å²) in [4.78, 5) is 0. The van der Waals surface area contributed by atoms with Gasteiger partial charge in [-0.3, -0.25) is 0 Å². The van der Waals surface area contributed by atoms with Crippen molar-refractivity contribution in [2.75, 3.05) is 26.9 Å². The number of hydrogen-bond acceptors (Lipinski definition) is 3. The molecule has 0 spiro atoms. The standard InChI is InChI=1S/C14H23NO2/c1-3-4-12-5-7-13(8-6-12)14(15)11-17-10-9-16-2/h5-8,14H,3-4,9-11,15H2,1-2H3. The molecule has 0 saturated heterocycles. The van der Waals surface area contributed by atoms with E-state index in [4.69, 9.17) is 15.2 Å². The quantitative estimate of drug-likeness (QED) is 0.706. The summed E-state index contributed by atoms with van der Waals surface area (Å²) in [6, 6.07) is 8.43. The molecule has 17 heavy (non-hydrogen) atoms. The van der Waals surface area contributed by atoms with E-state index < -0.39 is 0 Å². The van der Waals surface area contributed by atoms with Crippen molar-refractivity contribution in [3.63, 3.8) is 0 Å². The highest BCUT2D eigenvalue weighted by atomic mass is 16.5. The van der Waals surface area contributed by atoms with Gasteiger partial charge in [0.1, 0.15) is 0 Å². The fourth-order valence-electron chi connectivity index (χ4n) is 1.67. The zero-order chi connectivity index (χ0) is 12.5. The topological polar surface area (TPSA) is 44.5 Å². The van der Waals surface area contributed by atoms with Crippen molar-refractivity contribution in [2.24, 2.45) is 5.73 Å². The van der Waals surface area contributed by atoms with Gasteiger partial charge in [0.2, 0.25) is 0 Å². The maximum absolute atomic E-state index is 6.04. The number of nitrogens with two attached hydrogens (primary N) is 1. The maximum Gasteiger partial charge on any atom is 0.0701 e. The van der Waals surface area contributed by atoms with Gasteiger partial charge < -0.3 is 15.2 Å². The van der Waals surface area contributed by atoms with Crippen LogP contribution >= 0.6 is 0 Å². The highest BCUT2D eigenvalue weighted by Gasteiger charge is 2.05. The fraction of sp³-hybridized carbons (Fsp3) is 0.571. The molecule has 0 saturated carbocycles. The first-order valence-electron chi connectivity index (χ1n) is 6.19. The number of hydrogen-bond donors (Lipinski definition) is 1. The summed E-state index contributed by atoms with van der Waals surface area (Å²) in [5, 5.41) is 0. The van der Waals surface area contributed by atoms with Gasteiger partial charge in [-0.1, -0.05) is 37.6 Å². The zero-order valence-electron chi connectivity index (χ0n) is 10.8. The first-order valence-corrected chi connectivity index (χ1v) is 6.19. The molecule has 0 amide bonds. The van der Waals surface area contributed by atoms with Gasteiger partial charge in [0.15, 0.2) is 0 Å². The first kappa shape index (κ1) is 14.2. The lowest BCUT2D eigenvalue weighted by molar-refractivity contribution is 0.0636. The lowest BCUT2D eigenvalue weighted by atomic mass is 10.0. The van der Waals surface area contributed by atoms with Gasteiger partial charge in [0.05, 0.1) is 25.9 Å². The highest BCUT2D eigenvalue weighted by molar-refractivity contribution is 5.24. The largest absolute Gasteiger partial charge is 0.382 e. The molecule has 0 fully saturated rings. The van der Waals surface area contributed by atoms with Gasteiger partial charge in [0.25, 0.3) is 0 Å². The summed E-state index contributed by atoms with van der Waals surface area (Å²) in [6.07, 6.45) is 2.30. The Morgan fingerprint density at radius 3 is 2.47 bits per heavy atom. The van der Waals surface area contributed by atoms with Crippen LogP contribution < -0.4 is 5.73 Å². The molecule has 0 bridgehead atoms. The van der Waals surface area contributed by atoms with E-state index in [-0.39, 0.29) is 6.04 Å². The first-order chi connectivity index (χ1) is 8.27. The Hall–Kier alpha value is -0.900. The number of benzene rings is 1. The van der Waals surface area contributed by atoms with Crippen molar-refractivity contribution < 1.29 is 9.47 Å². The Labute approximate surface area is 104 Å². The van der Waals surface area contributed by atoms with Crippen LogP contribution in [-0.4, -0.2) is 26.9 Å². The maximum atomic E-state index is 6.04. The van der Waals surface area contributed by atoms with E-state index in [9.17, 15) is 0 Å². The molecule has 1 aromatic rings. The van der Waals surface area contributed by atoms with Crippen molar-refractivity contribution in [1.82, 2.24) is 0 Å². The molecule has 0 aliphatic carbocycles. The summed E-state index contributed by atoms with van der Waals surface area (Å²) in [6.45, 7) is 3.93. The minimum Gasteiger partial charge on any atom is -0.382 e. The fourth-order valence-corrected chi connectivity index (χ4v) is 1.67. The monoisotopic (exact) mass is 237 g/mol. The lowest BCUT2D eigenvalue weighted by Gasteiger charge is -2.13. The minimum atomic E-state index is -0.0532. The minimum absolute atomic E-state index is 0.0532. The molecular formula is C14H23NO2. The van der Waals surface area contributed by atoms with Gasteiger partial charge in [-0.05, 0) is 17.5 Å². The average molecular weight is 237 g/mol. The number of methoxy groups -OCH3 is 1. The summed E-state index contributed by atoms with van der Waals surface area (Å²) in [7, 11) is 1.66. The lowest BCUT2D eigenvalue weighted by Crippen LogP contribution is -2.18. The molecule has 1 aromatic carbocycles. The second-order valence-electron chi connectivity index (χ2n) is 4.17. The van der Waals surface area contributed by atoms with Gasteiger partial charge >= 0.3 is 0 Å². The normalized spacial score (nSPS) is 12.6. The average Bonchev–Trinajstić information content (AvgIpc) is 2.36. The van der Waals surface area contributed by atoms with Gasteiger partial charge in [-0.15, -0.1) is 0 Å². The predicted octanol–water partition coefficient (Wildman–Crippen LogP) is 2.30. The van der Waals surface area contributed by atoms with Crippen LogP contribution in [0.15, 0.2) is 24.3 Å². The van der Waals surface area contributed by atoms with Crippen molar-refractivity contribution in [1.29, 1.82) is 0 Å². The van der Waals surface area contributed by atoms with Crippen LogP contribution in [0.1, 0.15) is 30.5 Å². The van der Waals surface area contributed by atoms with Crippen LogP contribution in [0, 0.1) is 0 Å². The Kier molecular flexibility index (Phi) is 6.86. The Bertz CT molecular complexity index is 298. The Morgan fingerprint density at radius 2 is 1.88 bits per heavy atom. The molecule has 0 aliphatic heterocycles. The van der Waals surface area contributed by atoms with Gasteiger partial charge in [0, 0.05) is 7.11 Å². The molecular weight excluding hydrogens is 214 g/mol. The third kappa shape index (κ3) is 5.31. The summed E-state index contributed by atoms with van der Waals surface area (Å²) >= 11 is 0. The second-order valence-corrected chi connectivity index (χ2v) is 4.17. The zero-order valence-corrected chi connectivity index (χ0v) is 10.8. The van der Waals surface area contributed by atoms with E-state index in [1.165, 1.54) is 12.0 Å². The predicted molar refractivity (Wildman–Crippen MR) is 70.1 cm³/mol. The summed E-state index contributed by atoms with van der Waals surface area (Å²) in [5.41, 5.74) is 8.53. The highest BCUT2D eigenvalue weighted by Crippen LogP contribution is 2.13. The van der Waals surface area contributed by atoms with Crippen molar-refractivity contribution in [3.8, 4) is 0 Å². The number of rotatable bonds is 8. The molecule has 1 rings (SSSR count). The van der Waals surface area contributed by atoms with E-state index in [2.05, 4.69) is 31.2 Å². The van der Waals surface area contributed by atoms with Crippen molar-refractivity contribution >= 4 is 0 Å². The molecule has 0 heterocycles. The Morgan fingerprint density at radius 1 is 1.18 bits per heavy atom. The van der Waals surface area contributed by atoms with E-state index in [1.807, 2.05) is 0 Å². The number of aryl methyl sites for hydroxylation is 1. The third-order valence-corrected chi connectivity index (χ3v) is 2.68. The molecule has 3 nitrogen and oxygen atoms in total. The van der Waals surface area contributed by atoms with E-state index >= 15 is 0 Å². The molecule has 0 aromatic heterocycles. The van der Waals surface area contributed by atoms with Crippen molar-refractivity contribution in [3.05, 3.63) is 35.4 Å². The van der Waals surface area contributed by atoms with Crippen LogP contribution in [0.4, 0.5) is 0 Å². The van der Waals surface area contributed by atoms with Crippen molar-refractivity contribution in [2.45, 2.75) is 25.8 Å². The van der Waals surface area contributed by atoms with E-state index in [0.717, 1.165) is 12.0 Å². The van der Waals surface area contributed by atoms with Gasteiger partial charge in [-0.2, -0.15) is 0 Å². The summed E-state index contributed by atoms with van der Waals surface area (Å²) in [5.74, 6) is 0. The molecule has 0 radical (unpaired) electrons. The van der Waals surface area contributed by atoms with Crippen LogP contribution in [0.2, 0.25) is 0 Å². The SMILES string of the molecule is CCCc1ccc(C(N)COCCOC)cc1. The smallest absolute Gasteiger partial charge is 0.0701 e. The molecule has 1 atom stereocenters. The number of ether oxygens (including phenoxy) is 2. The van der Waals surface area contributed by atoms with Gasteiger partial charge in [-0.25, -0.2) is 0 Å². The molecule has 3 heteroatoms. The second kappa shape index (κ2) is 8.23. The van der Waals surface area contributed by atoms with E-state index in [0.29, 0.717) is 19.8 Å². The van der Waals surface area contributed by atoms with Crippen LogP contribution in [-0.2, 0) is 15.9 Å². The molecule has 0 aliphatic rings. The van der Waals surface area contributed by atoms with Crippen LogP contribution in [0.3, 0.4) is 0 Å². The Balaban J connectivity index is 2.37.